The van der Waals surface area contributed by atoms with E-state index in [0.29, 0.717) is 18.8 Å². The number of benzene rings is 1. The lowest BCUT2D eigenvalue weighted by Crippen LogP contribution is -2.11. The molecule has 2 rings (SSSR count). The molecule has 0 atom stereocenters. The highest BCUT2D eigenvalue weighted by atomic mass is 79.9. The summed E-state index contributed by atoms with van der Waals surface area (Å²) in [5, 5.41) is 5.99. The van der Waals surface area contributed by atoms with Gasteiger partial charge in [-0.3, -0.25) is 0 Å². The summed E-state index contributed by atoms with van der Waals surface area (Å²) in [5.74, 6) is 0.784. The summed E-state index contributed by atoms with van der Waals surface area (Å²) in [4.78, 5) is 4.22. The van der Waals surface area contributed by atoms with Crippen LogP contribution in [-0.2, 0) is 0 Å². The number of nitrogens with two attached hydrogens (primary N) is 1. The van der Waals surface area contributed by atoms with Gasteiger partial charge in [-0.05, 0) is 28.1 Å². The van der Waals surface area contributed by atoms with Gasteiger partial charge < -0.3 is 15.8 Å². The molecule has 0 saturated carbocycles. The summed E-state index contributed by atoms with van der Waals surface area (Å²) < 4.78 is 6.39. The second-order valence-electron chi connectivity index (χ2n) is 3.32. The predicted molar refractivity (Wildman–Crippen MR) is 74.7 cm³/mol. The molecule has 0 saturated heterocycles. The molecule has 0 unspecified atom stereocenters. The van der Waals surface area contributed by atoms with Crippen molar-refractivity contribution in [3.63, 3.8) is 0 Å². The molecule has 0 radical (unpaired) electrons. The van der Waals surface area contributed by atoms with Gasteiger partial charge in [0.1, 0.15) is 17.0 Å². The molecule has 2 aromatic rings. The van der Waals surface area contributed by atoms with Crippen LogP contribution in [0.2, 0.25) is 0 Å². The van der Waals surface area contributed by atoms with E-state index in [-0.39, 0.29) is 0 Å². The smallest absolute Gasteiger partial charge is 0.183 e. The fraction of sp³-hybridized carbons (Fsp3) is 0.182. The van der Waals surface area contributed by atoms with Crippen LogP contribution in [0.15, 0.2) is 34.2 Å². The highest BCUT2D eigenvalue weighted by molar-refractivity contribution is 9.10. The Hall–Kier alpha value is -1.27. The monoisotopic (exact) mass is 313 g/mol. The Morgan fingerprint density at radius 3 is 3.06 bits per heavy atom. The van der Waals surface area contributed by atoms with Gasteiger partial charge in [0.25, 0.3) is 0 Å². The maximum absolute atomic E-state index is 5.65. The first-order chi connectivity index (χ1) is 8.24. The van der Waals surface area contributed by atoms with E-state index in [9.17, 15) is 0 Å². The van der Waals surface area contributed by atoms with Crippen LogP contribution < -0.4 is 15.8 Å². The van der Waals surface area contributed by atoms with E-state index in [1.54, 1.807) is 17.4 Å². The van der Waals surface area contributed by atoms with E-state index >= 15 is 0 Å². The number of ether oxygens (including phenoxy) is 1. The number of nitrogens with one attached hydrogen (secondary N) is 1. The Bertz CT molecular complexity index is 489. The molecule has 0 bridgehead atoms. The van der Waals surface area contributed by atoms with Crippen LogP contribution in [0.4, 0.5) is 10.8 Å². The Morgan fingerprint density at radius 2 is 2.35 bits per heavy atom. The van der Waals surface area contributed by atoms with Crippen molar-refractivity contribution >= 4 is 38.1 Å². The summed E-state index contributed by atoms with van der Waals surface area (Å²) in [6, 6.07) is 7.39. The van der Waals surface area contributed by atoms with Gasteiger partial charge in [0.15, 0.2) is 5.13 Å². The Morgan fingerprint density at radius 1 is 1.47 bits per heavy atom. The lowest BCUT2D eigenvalue weighted by molar-refractivity contribution is 0.333. The number of hydrogen-bond acceptors (Lipinski definition) is 5. The first-order valence-electron chi connectivity index (χ1n) is 5.07. The molecule has 3 N–H and O–H groups in total. The van der Waals surface area contributed by atoms with Gasteiger partial charge in [0.05, 0.1) is 6.54 Å². The van der Waals surface area contributed by atoms with Crippen LogP contribution in [0.1, 0.15) is 0 Å². The molecule has 0 fully saturated rings. The van der Waals surface area contributed by atoms with Crippen LogP contribution in [0, 0.1) is 0 Å². The molecule has 0 aliphatic heterocycles. The number of anilines is 2. The molecule has 0 amide bonds. The minimum atomic E-state index is 0.570. The van der Waals surface area contributed by atoms with Crippen molar-refractivity contribution in [1.82, 2.24) is 4.98 Å². The van der Waals surface area contributed by atoms with Gasteiger partial charge in [-0.25, -0.2) is 4.98 Å². The first-order valence-corrected chi connectivity index (χ1v) is 6.74. The third-order valence-corrected chi connectivity index (χ3v) is 3.49. The fourth-order valence-electron chi connectivity index (χ4n) is 1.27. The van der Waals surface area contributed by atoms with E-state index in [1.807, 2.05) is 23.6 Å². The van der Waals surface area contributed by atoms with Crippen molar-refractivity contribution in [2.24, 2.45) is 0 Å². The molecule has 6 heteroatoms. The zero-order valence-corrected chi connectivity index (χ0v) is 11.4. The van der Waals surface area contributed by atoms with Crippen LogP contribution in [0.5, 0.6) is 5.75 Å². The van der Waals surface area contributed by atoms with Crippen molar-refractivity contribution in [1.29, 1.82) is 0 Å². The molecule has 1 heterocycles. The number of hydrogen-bond donors (Lipinski definition) is 2. The van der Waals surface area contributed by atoms with E-state index in [0.717, 1.165) is 15.5 Å². The number of nitrogens with zero attached hydrogens (tertiary/aromatic N) is 1. The van der Waals surface area contributed by atoms with Gasteiger partial charge in [-0.15, -0.1) is 11.3 Å². The summed E-state index contributed by atoms with van der Waals surface area (Å²) >= 11 is 4.85. The van der Waals surface area contributed by atoms with Crippen molar-refractivity contribution in [2.45, 2.75) is 0 Å². The van der Waals surface area contributed by atoms with Crippen molar-refractivity contribution in [3.8, 4) is 5.75 Å². The third kappa shape index (κ3) is 3.90. The van der Waals surface area contributed by atoms with Crippen LogP contribution >= 0.6 is 27.3 Å². The maximum Gasteiger partial charge on any atom is 0.183 e. The van der Waals surface area contributed by atoms with Gasteiger partial charge in [-0.2, -0.15) is 0 Å². The number of thiazole rings is 1. The van der Waals surface area contributed by atoms with Crippen LogP contribution in [0.3, 0.4) is 0 Å². The topological polar surface area (TPSA) is 60.2 Å². The van der Waals surface area contributed by atoms with Crippen molar-refractivity contribution < 1.29 is 4.74 Å². The van der Waals surface area contributed by atoms with Gasteiger partial charge in [0, 0.05) is 17.1 Å². The normalized spacial score (nSPS) is 10.2. The second-order valence-corrected chi connectivity index (χ2v) is 4.99. The highest BCUT2D eigenvalue weighted by Gasteiger charge is 1.98. The highest BCUT2D eigenvalue weighted by Crippen LogP contribution is 2.19. The Balaban J connectivity index is 1.73. The molecule has 0 aliphatic rings. The number of aromatic nitrogens is 1. The summed E-state index contributed by atoms with van der Waals surface area (Å²) in [6.07, 6.45) is 0. The molecular weight excluding hydrogens is 302 g/mol. The molecule has 1 aromatic carbocycles. The lowest BCUT2D eigenvalue weighted by atomic mass is 10.3. The summed E-state index contributed by atoms with van der Waals surface area (Å²) in [7, 11) is 0. The number of halogens is 1. The second kappa shape index (κ2) is 5.88. The Kier molecular flexibility index (Phi) is 4.22. The van der Waals surface area contributed by atoms with Crippen LogP contribution in [-0.4, -0.2) is 18.1 Å². The average molecular weight is 314 g/mol. The Labute approximate surface area is 112 Å². The standard InChI is InChI=1S/C11H12BrN3OS/c12-10-7-17-11(15-10)14-4-5-16-9-3-1-2-8(13)6-9/h1-3,6-7H,4-5,13H2,(H,14,15). The van der Waals surface area contributed by atoms with Crippen molar-refractivity contribution in [3.05, 3.63) is 34.2 Å². The molecular formula is C11H12BrN3OS. The largest absolute Gasteiger partial charge is 0.492 e. The van der Waals surface area contributed by atoms with E-state index in [2.05, 4.69) is 26.2 Å². The summed E-state index contributed by atoms with van der Waals surface area (Å²) in [5.41, 5.74) is 6.36. The third-order valence-electron chi connectivity index (χ3n) is 1.98. The molecule has 0 aliphatic carbocycles. The SMILES string of the molecule is Nc1cccc(OCCNc2nc(Br)cs2)c1. The molecule has 0 spiro atoms. The first kappa shape index (κ1) is 12.2. The maximum atomic E-state index is 5.65. The van der Waals surface area contributed by atoms with E-state index < -0.39 is 0 Å². The minimum absolute atomic E-state index is 0.570. The van der Waals surface area contributed by atoms with Crippen LogP contribution in [0.25, 0.3) is 0 Å². The van der Waals surface area contributed by atoms with Crippen molar-refractivity contribution in [2.75, 3.05) is 24.2 Å². The number of rotatable bonds is 5. The predicted octanol–water partition coefficient (Wildman–Crippen LogP) is 2.98. The summed E-state index contributed by atoms with van der Waals surface area (Å²) in [6.45, 7) is 1.27. The minimum Gasteiger partial charge on any atom is -0.492 e. The fourth-order valence-corrected chi connectivity index (χ4v) is 2.44. The zero-order valence-electron chi connectivity index (χ0n) is 9.02. The van der Waals surface area contributed by atoms with Gasteiger partial charge >= 0.3 is 0 Å². The average Bonchev–Trinajstić information content (AvgIpc) is 2.71. The quantitative estimate of drug-likeness (QED) is 0.658. The van der Waals surface area contributed by atoms with Gasteiger partial charge in [0.2, 0.25) is 0 Å². The molecule has 4 nitrogen and oxygen atoms in total. The van der Waals surface area contributed by atoms with Gasteiger partial charge in [-0.1, -0.05) is 6.07 Å². The van der Waals surface area contributed by atoms with E-state index in [1.165, 1.54) is 0 Å². The molecule has 1 aromatic heterocycles. The molecule has 17 heavy (non-hydrogen) atoms. The molecule has 90 valence electrons. The zero-order chi connectivity index (χ0) is 12.1. The number of nitrogen functional groups attached to an aromatic ring is 1. The van der Waals surface area contributed by atoms with E-state index in [4.69, 9.17) is 10.5 Å². The lowest BCUT2D eigenvalue weighted by Gasteiger charge is -2.07.